The molecule has 0 saturated carbocycles. The smallest absolute Gasteiger partial charge is 0.337 e. The van der Waals surface area contributed by atoms with E-state index in [9.17, 15) is 4.79 Å². The molecular formula is C26H29N5O3S. The van der Waals surface area contributed by atoms with Gasteiger partial charge in [0.25, 0.3) is 0 Å². The third kappa shape index (κ3) is 4.93. The zero-order chi connectivity index (χ0) is 24.2. The average molecular weight is 492 g/mol. The van der Waals surface area contributed by atoms with Crippen LogP contribution >= 0.6 is 12.2 Å². The van der Waals surface area contributed by atoms with Crippen molar-refractivity contribution in [3.8, 4) is 5.69 Å². The molecule has 2 aliphatic heterocycles. The van der Waals surface area contributed by atoms with Crippen molar-refractivity contribution in [3.63, 3.8) is 0 Å². The number of esters is 1. The SMILES string of the molecule is COC(=O)c1cccc(-n2cccc2[C@H]2[C@@H](c3ccccn3)NC(=S)N2CCN2CCOCC2)c1. The fourth-order valence-corrected chi connectivity index (χ4v) is 5.14. The number of pyridine rings is 1. The molecule has 0 radical (unpaired) electrons. The summed E-state index contributed by atoms with van der Waals surface area (Å²) in [7, 11) is 1.39. The number of hydrogen-bond acceptors (Lipinski definition) is 6. The van der Waals surface area contributed by atoms with Crippen molar-refractivity contribution in [1.82, 2.24) is 24.7 Å². The number of nitrogens with one attached hydrogen (secondary N) is 1. The molecule has 9 heteroatoms. The third-order valence-corrected chi connectivity index (χ3v) is 6.94. The number of morpholine rings is 1. The van der Waals surface area contributed by atoms with Gasteiger partial charge < -0.3 is 24.3 Å². The molecule has 8 nitrogen and oxygen atoms in total. The van der Waals surface area contributed by atoms with Crippen LogP contribution in [0.25, 0.3) is 5.69 Å². The molecule has 0 amide bonds. The first-order chi connectivity index (χ1) is 17.2. The standard InChI is InChI=1S/C26H29N5O3S/c1-33-25(32)19-6-4-7-20(18-19)30-11-5-9-22(30)24-23(21-8-2-3-10-27-21)28-26(35)31(24)13-12-29-14-16-34-17-15-29/h2-11,18,23-24H,12-17H2,1H3,(H,28,35)/t23-,24+/m1/s1. The second-order valence-electron chi connectivity index (χ2n) is 8.62. The van der Waals surface area contributed by atoms with Gasteiger partial charge in [0.05, 0.1) is 43.7 Å². The van der Waals surface area contributed by atoms with Gasteiger partial charge in [0, 0.05) is 50.0 Å². The molecule has 0 spiro atoms. The maximum Gasteiger partial charge on any atom is 0.337 e. The summed E-state index contributed by atoms with van der Waals surface area (Å²) in [6.07, 6.45) is 3.83. The lowest BCUT2D eigenvalue weighted by molar-refractivity contribution is 0.0349. The highest BCUT2D eigenvalue weighted by molar-refractivity contribution is 7.80. The van der Waals surface area contributed by atoms with E-state index in [2.05, 4.69) is 30.7 Å². The molecule has 3 aromatic rings. The number of benzene rings is 1. The highest BCUT2D eigenvalue weighted by Gasteiger charge is 2.41. The second-order valence-corrected chi connectivity index (χ2v) is 9.01. The fourth-order valence-electron chi connectivity index (χ4n) is 4.81. The minimum Gasteiger partial charge on any atom is -0.465 e. The molecule has 2 aliphatic rings. The number of carbonyl (C=O) groups excluding carboxylic acids is 1. The van der Waals surface area contributed by atoms with Gasteiger partial charge in [-0.1, -0.05) is 12.1 Å². The van der Waals surface area contributed by atoms with Crippen molar-refractivity contribution in [2.45, 2.75) is 12.1 Å². The van der Waals surface area contributed by atoms with Crippen LogP contribution in [0.5, 0.6) is 0 Å². The summed E-state index contributed by atoms with van der Waals surface area (Å²) >= 11 is 5.84. The molecule has 1 aromatic carbocycles. The van der Waals surface area contributed by atoms with Crippen LogP contribution in [-0.4, -0.2) is 76.9 Å². The Hall–Kier alpha value is -3.27. The molecule has 0 bridgehead atoms. The lowest BCUT2D eigenvalue weighted by Gasteiger charge is -2.32. The van der Waals surface area contributed by atoms with Gasteiger partial charge >= 0.3 is 5.97 Å². The number of aromatic nitrogens is 2. The van der Waals surface area contributed by atoms with Crippen LogP contribution in [0, 0.1) is 0 Å². The summed E-state index contributed by atoms with van der Waals surface area (Å²) in [6.45, 7) is 5.07. The largest absolute Gasteiger partial charge is 0.465 e. The lowest BCUT2D eigenvalue weighted by atomic mass is 10.0. The van der Waals surface area contributed by atoms with Crippen LogP contribution in [0.4, 0.5) is 0 Å². The number of rotatable bonds is 7. The summed E-state index contributed by atoms with van der Waals surface area (Å²) in [5.74, 6) is -0.359. The number of hydrogen-bond donors (Lipinski definition) is 1. The van der Waals surface area contributed by atoms with Gasteiger partial charge in [-0.05, 0) is 54.7 Å². The molecule has 2 atom stereocenters. The first-order valence-corrected chi connectivity index (χ1v) is 12.2. The van der Waals surface area contributed by atoms with Crippen LogP contribution in [0.2, 0.25) is 0 Å². The van der Waals surface area contributed by atoms with Gasteiger partial charge in [-0.3, -0.25) is 9.88 Å². The summed E-state index contributed by atoms with van der Waals surface area (Å²) in [5, 5.41) is 4.25. The van der Waals surface area contributed by atoms with E-state index >= 15 is 0 Å². The Balaban J connectivity index is 1.50. The van der Waals surface area contributed by atoms with E-state index in [0.717, 1.165) is 61.6 Å². The van der Waals surface area contributed by atoms with Crippen molar-refractivity contribution >= 4 is 23.3 Å². The van der Waals surface area contributed by atoms with Crippen LogP contribution in [0.3, 0.4) is 0 Å². The fraction of sp³-hybridized carbons (Fsp3) is 0.346. The third-order valence-electron chi connectivity index (χ3n) is 6.59. The molecular weight excluding hydrogens is 462 g/mol. The predicted molar refractivity (Wildman–Crippen MR) is 137 cm³/mol. The summed E-state index contributed by atoms with van der Waals surface area (Å²) in [6, 6.07) is 17.4. The van der Waals surface area contributed by atoms with Crippen LogP contribution in [0.15, 0.2) is 67.0 Å². The Bertz CT molecular complexity index is 1180. The summed E-state index contributed by atoms with van der Waals surface area (Å²) in [5.41, 5.74) is 3.40. The molecule has 35 heavy (non-hydrogen) atoms. The molecule has 0 aliphatic carbocycles. The van der Waals surface area contributed by atoms with Gasteiger partial charge in [0.15, 0.2) is 5.11 Å². The van der Waals surface area contributed by atoms with Crippen molar-refractivity contribution in [1.29, 1.82) is 0 Å². The quantitative estimate of drug-likeness (QED) is 0.400. The molecule has 2 saturated heterocycles. The van der Waals surface area contributed by atoms with Crippen molar-refractivity contribution in [3.05, 3.63) is 83.9 Å². The highest BCUT2D eigenvalue weighted by Crippen LogP contribution is 2.39. The van der Waals surface area contributed by atoms with Crippen LogP contribution in [-0.2, 0) is 9.47 Å². The van der Waals surface area contributed by atoms with E-state index in [1.807, 2.05) is 54.9 Å². The highest BCUT2D eigenvalue weighted by atomic mass is 32.1. The van der Waals surface area contributed by atoms with E-state index in [4.69, 9.17) is 21.7 Å². The van der Waals surface area contributed by atoms with Crippen molar-refractivity contribution in [2.24, 2.45) is 0 Å². The number of ether oxygens (including phenoxy) is 2. The summed E-state index contributed by atoms with van der Waals surface area (Å²) < 4.78 is 12.6. The Morgan fingerprint density at radius 2 is 2.00 bits per heavy atom. The first-order valence-electron chi connectivity index (χ1n) is 11.8. The number of thiocarbonyl (C=S) groups is 1. The Morgan fingerprint density at radius 3 is 2.77 bits per heavy atom. The second kappa shape index (κ2) is 10.6. The van der Waals surface area contributed by atoms with E-state index in [0.29, 0.717) is 5.56 Å². The minimum atomic E-state index is -0.359. The van der Waals surface area contributed by atoms with Gasteiger partial charge in [-0.25, -0.2) is 4.79 Å². The van der Waals surface area contributed by atoms with E-state index < -0.39 is 0 Å². The molecule has 2 fully saturated rings. The number of nitrogens with zero attached hydrogens (tertiary/aromatic N) is 4. The Kier molecular flexibility index (Phi) is 7.08. The lowest BCUT2D eigenvalue weighted by Crippen LogP contribution is -2.42. The maximum absolute atomic E-state index is 12.2. The Labute approximate surface area is 210 Å². The van der Waals surface area contributed by atoms with Gasteiger partial charge in [-0.15, -0.1) is 0 Å². The molecule has 4 heterocycles. The molecule has 182 valence electrons. The normalized spacial score (nSPS) is 20.6. The topological polar surface area (TPSA) is 71.9 Å². The molecule has 5 rings (SSSR count). The van der Waals surface area contributed by atoms with Gasteiger partial charge in [0.1, 0.15) is 0 Å². The van der Waals surface area contributed by atoms with Crippen LogP contribution in [0.1, 0.15) is 33.8 Å². The van der Waals surface area contributed by atoms with E-state index in [-0.39, 0.29) is 18.1 Å². The van der Waals surface area contributed by atoms with Gasteiger partial charge in [0.2, 0.25) is 0 Å². The van der Waals surface area contributed by atoms with Gasteiger partial charge in [-0.2, -0.15) is 0 Å². The van der Waals surface area contributed by atoms with E-state index in [1.54, 1.807) is 6.07 Å². The molecule has 0 unspecified atom stereocenters. The zero-order valence-corrected chi connectivity index (χ0v) is 20.5. The van der Waals surface area contributed by atoms with E-state index in [1.165, 1.54) is 7.11 Å². The Morgan fingerprint density at radius 1 is 1.14 bits per heavy atom. The zero-order valence-electron chi connectivity index (χ0n) is 19.7. The molecule has 1 N–H and O–H groups in total. The predicted octanol–water partition coefficient (Wildman–Crippen LogP) is 2.96. The maximum atomic E-state index is 12.2. The number of methoxy groups -OCH3 is 1. The minimum absolute atomic E-state index is 0.0739. The number of carbonyl (C=O) groups is 1. The summed E-state index contributed by atoms with van der Waals surface area (Å²) in [4.78, 5) is 21.5. The first kappa shape index (κ1) is 23.5. The van der Waals surface area contributed by atoms with Crippen molar-refractivity contribution < 1.29 is 14.3 Å². The van der Waals surface area contributed by atoms with Crippen molar-refractivity contribution in [2.75, 3.05) is 46.5 Å². The monoisotopic (exact) mass is 491 g/mol. The van der Waals surface area contributed by atoms with Crippen LogP contribution < -0.4 is 5.32 Å². The average Bonchev–Trinajstić information content (AvgIpc) is 3.52. The molecule has 2 aromatic heterocycles.